The summed E-state index contributed by atoms with van der Waals surface area (Å²) in [7, 11) is 0. The second-order valence-corrected chi connectivity index (χ2v) is 10.5. The Morgan fingerprint density at radius 2 is 1.65 bits per heavy atom. The lowest BCUT2D eigenvalue weighted by Crippen LogP contribution is -2.06. The maximum atomic E-state index is 4.87. The number of hydrogen-bond acceptors (Lipinski definition) is 3. The molecule has 0 saturated heterocycles. The third-order valence-corrected chi connectivity index (χ3v) is 7.65. The van der Waals surface area contributed by atoms with E-state index in [1.165, 1.54) is 35.0 Å². The molecule has 0 spiro atoms. The number of aryl methyl sites for hydroxylation is 2. The van der Waals surface area contributed by atoms with E-state index in [0.717, 1.165) is 66.2 Å². The molecule has 0 fully saturated rings. The van der Waals surface area contributed by atoms with E-state index in [4.69, 9.17) is 10.1 Å². The Kier molecular flexibility index (Phi) is 7.00. The first kappa shape index (κ1) is 23.9. The van der Waals surface area contributed by atoms with E-state index < -0.39 is 0 Å². The molecule has 0 aliphatic heterocycles. The van der Waals surface area contributed by atoms with Gasteiger partial charge >= 0.3 is 0 Å². The lowest BCUT2D eigenvalue weighted by molar-refractivity contribution is 0.518. The first-order valence-corrected chi connectivity index (χ1v) is 14.0. The van der Waals surface area contributed by atoms with E-state index in [9.17, 15) is 0 Å². The molecule has 6 heteroatoms. The third kappa shape index (κ3) is 5.03. The van der Waals surface area contributed by atoms with E-state index >= 15 is 0 Å². The van der Waals surface area contributed by atoms with Crippen LogP contribution in [0.5, 0.6) is 0 Å². The van der Waals surface area contributed by atoms with Crippen molar-refractivity contribution < 1.29 is 0 Å². The molecular formula is C31H30BrN5. The zero-order chi connectivity index (χ0) is 25.0. The van der Waals surface area contributed by atoms with Crippen LogP contribution in [0, 0.1) is 0 Å². The number of nitrogens with zero attached hydrogens (tertiary/aromatic N) is 5. The molecule has 6 rings (SSSR count). The van der Waals surface area contributed by atoms with Crippen LogP contribution in [0.15, 0.2) is 83.5 Å². The molecule has 2 aromatic carbocycles. The molecule has 0 unspecified atom stereocenters. The van der Waals surface area contributed by atoms with Gasteiger partial charge in [0.15, 0.2) is 11.6 Å². The van der Waals surface area contributed by atoms with Crippen LogP contribution in [-0.2, 0) is 19.5 Å². The van der Waals surface area contributed by atoms with Crippen molar-refractivity contribution in [2.24, 2.45) is 0 Å². The van der Waals surface area contributed by atoms with Gasteiger partial charge in [-0.05, 0) is 56.0 Å². The quantitative estimate of drug-likeness (QED) is 0.175. The van der Waals surface area contributed by atoms with Crippen molar-refractivity contribution in [1.29, 1.82) is 0 Å². The van der Waals surface area contributed by atoms with Crippen LogP contribution in [0.25, 0.3) is 39.9 Å². The normalized spacial score (nSPS) is 12.8. The number of halogens is 1. The summed E-state index contributed by atoms with van der Waals surface area (Å²) >= 11 is 3.51. The molecule has 186 valence electrons. The van der Waals surface area contributed by atoms with Crippen LogP contribution in [0.4, 0.5) is 0 Å². The summed E-state index contributed by atoms with van der Waals surface area (Å²) in [4.78, 5) is 9.40. The zero-order valence-corrected chi connectivity index (χ0v) is 22.4. The number of aromatic nitrogens is 5. The molecule has 0 amide bonds. The Labute approximate surface area is 226 Å². The molecule has 37 heavy (non-hydrogen) atoms. The first-order chi connectivity index (χ1) is 18.3. The number of unbranched alkanes of at least 4 members (excludes halogenated alkanes) is 3. The van der Waals surface area contributed by atoms with E-state index in [2.05, 4.69) is 61.9 Å². The van der Waals surface area contributed by atoms with Gasteiger partial charge in [0.05, 0.1) is 0 Å². The second kappa shape index (κ2) is 10.9. The molecule has 5 aromatic rings. The van der Waals surface area contributed by atoms with Gasteiger partial charge in [-0.15, -0.1) is 0 Å². The number of hydrogen-bond donors (Lipinski definition) is 0. The van der Waals surface area contributed by atoms with Gasteiger partial charge in [0.2, 0.25) is 0 Å². The topological polar surface area (TPSA) is 48.5 Å². The third-order valence-electron chi connectivity index (χ3n) is 7.12. The van der Waals surface area contributed by atoms with Crippen molar-refractivity contribution in [2.45, 2.75) is 51.6 Å². The molecule has 0 atom stereocenters. The fourth-order valence-electron chi connectivity index (χ4n) is 5.30. The summed E-state index contributed by atoms with van der Waals surface area (Å²) in [6.07, 6.45) is 13.3. The van der Waals surface area contributed by atoms with Crippen LogP contribution >= 0.6 is 15.9 Å². The van der Waals surface area contributed by atoms with Crippen molar-refractivity contribution in [3.8, 4) is 22.9 Å². The van der Waals surface area contributed by atoms with E-state index in [1.807, 2.05) is 53.3 Å². The highest BCUT2D eigenvalue weighted by molar-refractivity contribution is 9.10. The summed E-state index contributed by atoms with van der Waals surface area (Å²) in [5.74, 6) is 1.57. The van der Waals surface area contributed by atoms with Crippen LogP contribution in [0.3, 0.4) is 0 Å². The monoisotopic (exact) mass is 551 g/mol. The summed E-state index contributed by atoms with van der Waals surface area (Å²) < 4.78 is 5.64. The smallest absolute Gasteiger partial charge is 0.181 e. The number of rotatable bonds is 9. The largest absolute Gasteiger partial charge is 0.344 e. The fourth-order valence-corrected chi connectivity index (χ4v) is 5.57. The Morgan fingerprint density at radius 3 is 2.49 bits per heavy atom. The fraction of sp³-hybridized carbons (Fsp3) is 0.258. The second-order valence-electron chi connectivity index (χ2n) is 9.59. The van der Waals surface area contributed by atoms with Gasteiger partial charge in [-0.1, -0.05) is 77.3 Å². The zero-order valence-electron chi connectivity index (χ0n) is 20.9. The molecular weight excluding hydrogens is 522 g/mol. The van der Waals surface area contributed by atoms with Gasteiger partial charge < -0.3 is 4.57 Å². The number of pyridine rings is 1. The maximum Gasteiger partial charge on any atom is 0.181 e. The van der Waals surface area contributed by atoms with Gasteiger partial charge in [0.1, 0.15) is 5.69 Å². The van der Waals surface area contributed by atoms with Gasteiger partial charge in [-0.25, -0.2) is 9.67 Å². The predicted molar refractivity (Wildman–Crippen MR) is 154 cm³/mol. The van der Waals surface area contributed by atoms with Crippen LogP contribution in [-0.4, -0.2) is 24.3 Å². The average Bonchev–Trinajstić information content (AvgIpc) is 3.51. The van der Waals surface area contributed by atoms with Gasteiger partial charge in [0, 0.05) is 51.5 Å². The van der Waals surface area contributed by atoms with E-state index in [0.29, 0.717) is 0 Å². The molecule has 5 nitrogen and oxygen atoms in total. The molecule has 1 aliphatic carbocycles. The lowest BCUT2D eigenvalue weighted by atomic mass is 10.0. The minimum Gasteiger partial charge on any atom is -0.344 e. The highest BCUT2D eigenvalue weighted by atomic mass is 79.9. The van der Waals surface area contributed by atoms with E-state index in [-0.39, 0.29) is 0 Å². The molecule has 0 radical (unpaired) electrons. The first-order valence-electron chi connectivity index (χ1n) is 13.2. The SMILES string of the molecule is Brc1ccc(-c2nc(-c3ccccn3)n(CCCCCCn3c4c(c5ccccc53)C=CCC4)n2)cc1. The minimum absolute atomic E-state index is 0.742. The number of benzene rings is 2. The standard InChI is InChI=1S/C31H30BrN5/c32-24-18-16-23(17-19-24)30-34-31(27-13-7-8-20-33-27)37(35-30)22-10-2-1-9-21-36-28-14-5-3-11-25(28)26-12-4-6-15-29(26)36/h3-5,7-8,11-14,16-20H,1-2,6,9-10,15,21-22H2. The van der Waals surface area contributed by atoms with Crippen molar-refractivity contribution in [3.63, 3.8) is 0 Å². The number of fused-ring (bicyclic) bond motifs is 3. The Bertz CT molecular complexity index is 1530. The van der Waals surface area contributed by atoms with Crippen molar-refractivity contribution in [2.75, 3.05) is 0 Å². The molecule has 0 N–H and O–H groups in total. The number of para-hydroxylation sites is 1. The Balaban J connectivity index is 1.11. The number of allylic oxidation sites excluding steroid dienone is 1. The predicted octanol–water partition coefficient (Wildman–Crippen LogP) is 7.94. The van der Waals surface area contributed by atoms with Crippen molar-refractivity contribution in [3.05, 3.63) is 94.7 Å². The van der Waals surface area contributed by atoms with Crippen molar-refractivity contribution in [1.82, 2.24) is 24.3 Å². The van der Waals surface area contributed by atoms with E-state index in [1.54, 1.807) is 0 Å². The lowest BCUT2D eigenvalue weighted by Gasteiger charge is -2.13. The van der Waals surface area contributed by atoms with Crippen LogP contribution in [0.1, 0.15) is 43.4 Å². The summed E-state index contributed by atoms with van der Waals surface area (Å²) in [6.45, 7) is 1.92. The van der Waals surface area contributed by atoms with Gasteiger partial charge in [0.25, 0.3) is 0 Å². The average molecular weight is 553 g/mol. The maximum absolute atomic E-state index is 4.87. The summed E-state index contributed by atoms with van der Waals surface area (Å²) in [6, 6.07) is 22.9. The molecule has 0 saturated carbocycles. The highest BCUT2D eigenvalue weighted by Gasteiger charge is 2.17. The summed E-state index contributed by atoms with van der Waals surface area (Å²) in [5.41, 5.74) is 6.18. The Morgan fingerprint density at radius 1 is 0.838 bits per heavy atom. The summed E-state index contributed by atoms with van der Waals surface area (Å²) in [5, 5.41) is 6.26. The Hall–Kier alpha value is -3.51. The highest BCUT2D eigenvalue weighted by Crippen LogP contribution is 2.31. The van der Waals surface area contributed by atoms with Crippen LogP contribution < -0.4 is 0 Å². The molecule has 3 heterocycles. The molecule has 3 aromatic heterocycles. The molecule has 0 bridgehead atoms. The van der Waals surface area contributed by atoms with Gasteiger partial charge in [-0.2, -0.15) is 5.10 Å². The van der Waals surface area contributed by atoms with Crippen LogP contribution in [0.2, 0.25) is 0 Å². The minimum atomic E-state index is 0.742. The van der Waals surface area contributed by atoms with Crippen molar-refractivity contribution >= 4 is 32.9 Å². The van der Waals surface area contributed by atoms with Gasteiger partial charge in [-0.3, -0.25) is 4.98 Å². The molecule has 1 aliphatic rings.